The number of rotatable bonds is 5. The van der Waals surface area contributed by atoms with Gasteiger partial charge < -0.3 is 10.5 Å². The van der Waals surface area contributed by atoms with Crippen molar-refractivity contribution in [3.05, 3.63) is 59.4 Å². The van der Waals surface area contributed by atoms with Gasteiger partial charge in [0.25, 0.3) is 0 Å². The number of ether oxygens (including phenoxy) is 1. The summed E-state index contributed by atoms with van der Waals surface area (Å²) in [4.78, 5) is 4.09. The van der Waals surface area contributed by atoms with E-state index >= 15 is 0 Å². The van der Waals surface area contributed by atoms with Crippen LogP contribution in [0.15, 0.2) is 42.7 Å². The molecule has 1 aromatic carbocycles. The largest absolute Gasteiger partial charge is 0.493 e. The predicted octanol–water partition coefficient (Wildman–Crippen LogP) is 3.03. The number of nitrogens with zero attached hydrogens (tertiary/aromatic N) is 1. The second kappa shape index (κ2) is 6.34. The SMILES string of the molecule is Cc1ccc(OCCc2cccnc2)c([C@@H](C)N)c1. The quantitative estimate of drug-likeness (QED) is 0.894. The van der Waals surface area contributed by atoms with E-state index in [1.807, 2.05) is 31.3 Å². The van der Waals surface area contributed by atoms with Crippen molar-refractivity contribution in [3.8, 4) is 5.75 Å². The summed E-state index contributed by atoms with van der Waals surface area (Å²) >= 11 is 0. The molecule has 0 saturated carbocycles. The van der Waals surface area contributed by atoms with Crippen molar-refractivity contribution in [2.45, 2.75) is 26.3 Å². The van der Waals surface area contributed by atoms with Crippen molar-refractivity contribution in [2.24, 2.45) is 5.73 Å². The van der Waals surface area contributed by atoms with Crippen molar-refractivity contribution in [1.82, 2.24) is 4.98 Å². The van der Waals surface area contributed by atoms with Crippen LogP contribution in [-0.4, -0.2) is 11.6 Å². The summed E-state index contributed by atoms with van der Waals surface area (Å²) in [6.45, 7) is 4.67. The van der Waals surface area contributed by atoms with Gasteiger partial charge in [-0.25, -0.2) is 0 Å². The van der Waals surface area contributed by atoms with Crippen LogP contribution in [0.1, 0.15) is 29.7 Å². The van der Waals surface area contributed by atoms with E-state index in [4.69, 9.17) is 10.5 Å². The first kappa shape index (κ1) is 13.6. The highest BCUT2D eigenvalue weighted by molar-refractivity contribution is 5.38. The Bertz CT molecular complexity index is 524. The Morgan fingerprint density at radius 2 is 2.16 bits per heavy atom. The van der Waals surface area contributed by atoms with E-state index in [1.165, 1.54) is 11.1 Å². The van der Waals surface area contributed by atoms with E-state index in [1.54, 1.807) is 6.20 Å². The first-order valence-corrected chi connectivity index (χ1v) is 6.54. The number of pyridine rings is 1. The van der Waals surface area contributed by atoms with Crippen LogP contribution in [0.3, 0.4) is 0 Å². The molecule has 3 nitrogen and oxygen atoms in total. The number of aromatic nitrogens is 1. The average Bonchev–Trinajstić information content (AvgIpc) is 2.41. The van der Waals surface area contributed by atoms with Crippen LogP contribution in [0.4, 0.5) is 0 Å². The highest BCUT2D eigenvalue weighted by Gasteiger charge is 2.08. The molecule has 3 heteroatoms. The molecule has 1 atom stereocenters. The fourth-order valence-electron chi connectivity index (χ4n) is 1.98. The molecule has 2 aromatic rings. The third-order valence-corrected chi connectivity index (χ3v) is 3.03. The zero-order chi connectivity index (χ0) is 13.7. The van der Waals surface area contributed by atoms with Crippen molar-refractivity contribution >= 4 is 0 Å². The summed E-state index contributed by atoms with van der Waals surface area (Å²) in [5.41, 5.74) is 9.42. The Hall–Kier alpha value is -1.87. The lowest BCUT2D eigenvalue weighted by Crippen LogP contribution is -2.10. The monoisotopic (exact) mass is 256 g/mol. The second-order valence-corrected chi connectivity index (χ2v) is 4.79. The summed E-state index contributed by atoms with van der Waals surface area (Å²) in [7, 11) is 0. The Labute approximate surface area is 114 Å². The summed E-state index contributed by atoms with van der Waals surface area (Å²) in [6.07, 6.45) is 4.49. The summed E-state index contributed by atoms with van der Waals surface area (Å²) < 4.78 is 5.85. The van der Waals surface area contributed by atoms with Gasteiger partial charge in [0.2, 0.25) is 0 Å². The standard InChI is InChI=1S/C16H20N2O/c1-12-5-6-16(15(10-12)13(2)17)19-9-7-14-4-3-8-18-11-14/h3-6,8,10-11,13H,7,9,17H2,1-2H3/t13-/m1/s1. The van der Waals surface area contributed by atoms with Gasteiger partial charge >= 0.3 is 0 Å². The molecule has 0 radical (unpaired) electrons. The number of hydrogen-bond acceptors (Lipinski definition) is 3. The highest BCUT2D eigenvalue weighted by Crippen LogP contribution is 2.25. The minimum Gasteiger partial charge on any atom is -0.493 e. The van der Waals surface area contributed by atoms with Gasteiger partial charge in [0, 0.05) is 30.4 Å². The molecule has 0 aliphatic rings. The van der Waals surface area contributed by atoms with E-state index in [2.05, 4.69) is 24.0 Å². The molecule has 0 saturated heterocycles. The molecular weight excluding hydrogens is 236 g/mol. The summed E-state index contributed by atoms with van der Waals surface area (Å²) in [6, 6.07) is 10.1. The van der Waals surface area contributed by atoms with Crippen molar-refractivity contribution in [2.75, 3.05) is 6.61 Å². The number of benzene rings is 1. The molecule has 0 bridgehead atoms. The maximum atomic E-state index is 5.98. The van der Waals surface area contributed by atoms with Gasteiger partial charge in [-0.05, 0) is 31.5 Å². The molecular formula is C16H20N2O. The van der Waals surface area contributed by atoms with Gasteiger partial charge in [-0.3, -0.25) is 4.98 Å². The number of aryl methyl sites for hydroxylation is 1. The van der Waals surface area contributed by atoms with Gasteiger partial charge in [0.15, 0.2) is 0 Å². The van der Waals surface area contributed by atoms with Crippen LogP contribution in [-0.2, 0) is 6.42 Å². The molecule has 0 amide bonds. The van der Waals surface area contributed by atoms with Crippen LogP contribution in [0, 0.1) is 6.92 Å². The lowest BCUT2D eigenvalue weighted by molar-refractivity contribution is 0.317. The average molecular weight is 256 g/mol. The van der Waals surface area contributed by atoms with Crippen LogP contribution in [0.25, 0.3) is 0 Å². The molecule has 0 fully saturated rings. The van der Waals surface area contributed by atoms with Crippen LogP contribution < -0.4 is 10.5 Å². The Balaban J connectivity index is 2.00. The molecule has 0 aliphatic carbocycles. The lowest BCUT2D eigenvalue weighted by atomic mass is 10.1. The van der Waals surface area contributed by atoms with E-state index < -0.39 is 0 Å². The summed E-state index contributed by atoms with van der Waals surface area (Å²) in [5, 5.41) is 0. The third kappa shape index (κ3) is 3.80. The number of nitrogens with two attached hydrogens (primary N) is 1. The molecule has 0 unspecified atom stereocenters. The van der Waals surface area contributed by atoms with Gasteiger partial charge in [-0.1, -0.05) is 23.8 Å². The topological polar surface area (TPSA) is 48.1 Å². The fraction of sp³-hybridized carbons (Fsp3) is 0.312. The minimum absolute atomic E-state index is 0.0201. The zero-order valence-electron chi connectivity index (χ0n) is 11.5. The first-order valence-electron chi connectivity index (χ1n) is 6.54. The molecule has 2 N–H and O–H groups in total. The van der Waals surface area contributed by atoms with Gasteiger partial charge in [0.1, 0.15) is 5.75 Å². The predicted molar refractivity (Wildman–Crippen MR) is 77.2 cm³/mol. The van der Waals surface area contributed by atoms with E-state index in [9.17, 15) is 0 Å². The Kier molecular flexibility index (Phi) is 4.53. The maximum absolute atomic E-state index is 5.98. The second-order valence-electron chi connectivity index (χ2n) is 4.79. The minimum atomic E-state index is -0.0201. The number of hydrogen-bond donors (Lipinski definition) is 1. The normalized spacial score (nSPS) is 12.2. The van der Waals surface area contributed by atoms with Crippen LogP contribution in [0.2, 0.25) is 0 Å². The molecule has 1 heterocycles. The zero-order valence-corrected chi connectivity index (χ0v) is 11.5. The molecule has 2 rings (SSSR count). The van der Waals surface area contributed by atoms with Gasteiger partial charge in [0.05, 0.1) is 6.61 Å². The highest BCUT2D eigenvalue weighted by atomic mass is 16.5. The Morgan fingerprint density at radius 3 is 2.84 bits per heavy atom. The first-order chi connectivity index (χ1) is 9.16. The third-order valence-electron chi connectivity index (χ3n) is 3.03. The smallest absolute Gasteiger partial charge is 0.124 e. The van der Waals surface area contributed by atoms with Crippen molar-refractivity contribution in [3.63, 3.8) is 0 Å². The fourth-order valence-corrected chi connectivity index (χ4v) is 1.98. The van der Waals surface area contributed by atoms with Crippen molar-refractivity contribution < 1.29 is 4.74 Å². The van der Waals surface area contributed by atoms with Crippen LogP contribution >= 0.6 is 0 Å². The van der Waals surface area contributed by atoms with E-state index in [0.717, 1.165) is 17.7 Å². The summed E-state index contributed by atoms with van der Waals surface area (Å²) in [5.74, 6) is 0.879. The van der Waals surface area contributed by atoms with Crippen LogP contribution in [0.5, 0.6) is 5.75 Å². The van der Waals surface area contributed by atoms with Crippen molar-refractivity contribution in [1.29, 1.82) is 0 Å². The van der Waals surface area contributed by atoms with Gasteiger partial charge in [-0.2, -0.15) is 0 Å². The molecule has 0 spiro atoms. The molecule has 1 aromatic heterocycles. The Morgan fingerprint density at radius 1 is 1.32 bits per heavy atom. The maximum Gasteiger partial charge on any atom is 0.124 e. The molecule has 19 heavy (non-hydrogen) atoms. The molecule has 0 aliphatic heterocycles. The lowest BCUT2D eigenvalue weighted by Gasteiger charge is -2.14. The van der Waals surface area contributed by atoms with E-state index in [-0.39, 0.29) is 6.04 Å². The molecule has 100 valence electrons. The van der Waals surface area contributed by atoms with E-state index in [0.29, 0.717) is 6.61 Å². The van der Waals surface area contributed by atoms with Gasteiger partial charge in [-0.15, -0.1) is 0 Å².